The maximum absolute atomic E-state index is 5.34. The van der Waals surface area contributed by atoms with Gasteiger partial charge in [-0.3, -0.25) is 4.98 Å². The van der Waals surface area contributed by atoms with E-state index in [4.69, 9.17) is 9.72 Å². The van der Waals surface area contributed by atoms with Gasteiger partial charge in [0.2, 0.25) is 0 Å². The lowest BCUT2D eigenvalue weighted by atomic mass is 10.2. The summed E-state index contributed by atoms with van der Waals surface area (Å²) in [4.78, 5) is 20.5. The number of aromatic nitrogens is 4. The van der Waals surface area contributed by atoms with E-state index < -0.39 is 0 Å². The number of hydrogen-bond acceptors (Lipinski definition) is 7. The highest BCUT2D eigenvalue weighted by Crippen LogP contribution is 2.23. The van der Waals surface area contributed by atoms with Crippen LogP contribution in [0.1, 0.15) is 36.3 Å². The zero-order valence-electron chi connectivity index (χ0n) is 15.5. The molecule has 0 saturated heterocycles. The largest absolute Gasteiger partial charge is 0.375 e. The smallest absolute Gasteiger partial charge is 0.180 e. The van der Waals surface area contributed by atoms with Crippen LogP contribution in [-0.2, 0) is 17.7 Å². The molecule has 3 heterocycles. The van der Waals surface area contributed by atoms with Gasteiger partial charge in [0.25, 0.3) is 0 Å². The van der Waals surface area contributed by atoms with Gasteiger partial charge in [-0.05, 0) is 25.5 Å². The standard InChI is InChI=1S/C19H23N5OS/c1-5-14-10-17(23-18(21-14)16-8-6-7-9-20-16)24(3)11-15-12-26-19(22-15)13(2)25-4/h6-10,12-13H,5,11H2,1-4H3. The Balaban J connectivity index is 1.84. The van der Waals surface area contributed by atoms with E-state index in [1.165, 1.54) is 0 Å². The second kappa shape index (κ2) is 8.33. The Labute approximate surface area is 157 Å². The molecular formula is C19H23N5OS. The number of nitrogens with zero attached hydrogens (tertiary/aromatic N) is 5. The van der Waals surface area contributed by atoms with Crippen LogP contribution in [0.5, 0.6) is 0 Å². The highest BCUT2D eigenvalue weighted by atomic mass is 32.1. The summed E-state index contributed by atoms with van der Waals surface area (Å²) >= 11 is 1.62. The molecule has 0 bridgehead atoms. The van der Waals surface area contributed by atoms with Crippen LogP contribution in [-0.4, -0.2) is 34.1 Å². The third-order valence-electron chi connectivity index (χ3n) is 4.08. The summed E-state index contributed by atoms with van der Waals surface area (Å²) in [5, 5.41) is 3.06. The number of anilines is 1. The maximum atomic E-state index is 5.34. The zero-order chi connectivity index (χ0) is 18.5. The molecule has 0 N–H and O–H groups in total. The molecule has 0 amide bonds. The Kier molecular flexibility index (Phi) is 5.90. The molecular weight excluding hydrogens is 346 g/mol. The summed E-state index contributed by atoms with van der Waals surface area (Å²) in [6.07, 6.45) is 2.62. The minimum atomic E-state index is 0.0144. The summed E-state index contributed by atoms with van der Waals surface area (Å²) in [5.74, 6) is 1.52. The van der Waals surface area contributed by atoms with E-state index >= 15 is 0 Å². The van der Waals surface area contributed by atoms with Gasteiger partial charge >= 0.3 is 0 Å². The van der Waals surface area contributed by atoms with Crippen molar-refractivity contribution in [2.45, 2.75) is 32.9 Å². The van der Waals surface area contributed by atoms with E-state index in [1.54, 1.807) is 24.6 Å². The second-order valence-electron chi connectivity index (χ2n) is 6.02. The van der Waals surface area contributed by atoms with Crippen LogP contribution in [0.4, 0.5) is 5.82 Å². The molecule has 1 unspecified atom stereocenters. The molecule has 136 valence electrons. The summed E-state index contributed by atoms with van der Waals surface area (Å²) in [6.45, 7) is 4.77. The number of aryl methyl sites for hydroxylation is 1. The van der Waals surface area contributed by atoms with E-state index in [2.05, 4.69) is 32.2 Å². The van der Waals surface area contributed by atoms with Crippen molar-refractivity contribution < 1.29 is 4.74 Å². The van der Waals surface area contributed by atoms with Crippen molar-refractivity contribution in [2.24, 2.45) is 0 Å². The monoisotopic (exact) mass is 369 g/mol. The fourth-order valence-electron chi connectivity index (χ4n) is 2.48. The molecule has 0 fully saturated rings. The summed E-state index contributed by atoms with van der Waals surface area (Å²) in [7, 11) is 3.72. The minimum Gasteiger partial charge on any atom is -0.375 e. The number of ether oxygens (including phenoxy) is 1. The van der Waals surface area contributed by atoms with Crippen LogP contribution < -0.4 is 4.90 Å². The van der Waals surface area contributed by atoms with Gasteiger partial charge in [-0.15, -0.1) is 11.3 Å². The van der Waals surface area contributed by atoms with E-state index in [1.807, 2.05) is 38.2 Å². The van der Waals surface area contributed by atoms with Crippen molar-refractivity contribution >= 4 is 17.2 Å². The number of thiazole rings is 1. The Morgan fingerprint density at radius 1 is 1.19 bits per heavy atom. The molecule has 0 saturated carbocycles. The average molecular weight is 369 g/mol. The van der Waals surface area contributed by atoms with Crippen LogP contribution in [0.25, 0.3) is 11.5 Å². The zero-order valence-corrected chi connectivity index (χ0v) is 16.3. The van der Waals surface area contributed by atoms with Crippen molar-refractivity contribution in [2.75, 3.05) is 19.1 Å². The van der Waals surface area contributed by atoms with Gasteiger partial charge < -0.3 is 9.64 Å². The van der Waals surface area contributed by atoms with Crippen LogP contribution >= 0.6 is 11.3 Å². The van der Waals surface area contributed by atoms with Crippen LogP contribution in [0.3, 0.4) is 0 Å². The average Bonchev–Trinajstić information content (AvgIpc) is 3.16. The predicted molar refractivity (Wildman–Crippen MR) is 104 cm³/mol. The third kappa shape index (κ3) is 4.23. The summed E-state index contributed by atoms with van der Waals surface area (Å²) in [6, 6.07) is 7.79. The van der Waals surface area contributed by atoms with E-state index in [0.717, 1.165) is 34.3 Å². The number of hydrogen-bond donors (Lipinski definition) is 0. The SMILES string of the molecule is CCc1cc(N(C)Cc2csc(C(C)OC)n2)nc(-c2ccccn2)n1. The molecule has 0 spiro atoms. The van der Waals surface area contributed by atoms with Crippen molar-refractivity contribution in [1.82, 2.24) is 19.9 Å². The fraction of sp³-hybridized carbons (Fsp3) is 0.368. The van der Waals surface area contributed by atoms with Gasteiger partial charge in [0.1, 0.15) is 22.6 Å². The topological polar surface area (TPSA) is 64.0 Å². The van der Waals surface area contributed by atoms with Gasteiger partial charge in [0.15, 0.2) is 5.82 Å². The van der Waals surface area contributed by atoms with Gasteiger partial charge in [0.05, 0.1) is 12.2 Å². The molecule has 1 atom stereocenters. The lowest BCUT2D eigenvalue weighted by Gasteiger charge is -2.18. The molecule has 3 aromatic rings. The van der Waals surface area contributed by atoms with E-state index in [-0.39, 0.29) is 6.10 Å². The Hall–Kier alpha value is -2.38. The molecule has 7 heteroatoms. The fourth-order valence-corrected chi connectivity index (χ4v) is 3.32. The number of pyridine rings is 1. The van der Waals surface area contributed by atoms with Gasteiger partial charge in [-0.1, -0.05) is 13.0 Å². The Morgan fingerprint density at radius 3 is 2.73 bits per heavy atom. The first kappa shape index (κ1) is 18.4. The molecule has 0 aliphatic heterocycles. The van der Waals surface area contributed by atoms with Crippen molar-refractivity contribution in [3.8, 4) is 11.5 Å². The van der Waals surface area contributed by atoms with E-state index in [9.17, 15) is 0 Å². The predicted octanol–water partition coefficient (Wildman–Crippen LogP) is 3.90. The Bertz CT molecular complexity index is 852. The molecule has 0 aromatic carbocycles. The first-order valence-electron chi connectivity index (χ1n) is 8.58. The second-order valence-corrected chi connectivity index (χ2v) is 6.91. The van der Waals surface area contributed by atoms with E-state index in [0.29, 0.717) is 12.4 Å². The number of rotatable bonds is 7. The van der Waals surface area contributed by atoms with Crippen molar-refractivity contribution in [1.29, 1.82) is 0 Å². The first-order chi connectivity index (χ1) is 12.6. The lowest BCUT2D eigenvalue weighted by Crippen LogP contribution is -2.19. The number of methoxy groups -OCH3 is 1. The summed E-state index contributed by atoms with van der Waals surface area (Å²) < 4.78 is 5.34. The van der Waals surface area contributed by atoms with Gasteiger partial charge in [-0.2, -0.15) is 0 Å². The highest BCUT2D eigenvalue weighted by molar-refractivity contribution is 7.09. The van der Waals surface area contributed by atoms with Gasteiger partial charge in [0, 0.05) is 37.5 Å². The Morgan fingerprint density at radius 2 is 2.04 bits per heavy atom. The molecule has 3 aromatic heterocycles. The molecule has 3 rings (SSSR count). The van der Waals surface area contributed by atoms with Crippen molar-refractivity contribution in [3.05, 3.63) is 52.2 Å². The summed E-state index contributed by atoms with van der Waals surface area (Å²) in [5.41, 5.74) is 2.78. The van der Waals surface area contributed by atoms with Crippen LogP contribution in [0.15, 0.2) is 35.8 Å². The van der Waals surface area contributed by atoms with Crippen LogP contribution in [0, 0.1) is 0 Å². The molecule has 26 heavy (non-hydrogen) atoms. The lowest BCUT2D eigenvalue weighted by molar-refractivity contribution is 0.119. The molecule has 0 aliphatic rings. The quantitative estimate of drug-likeness (QED) is 0.629. The van der Waals surface area contributed by atoms with Crippen molar-refractivity contribution in [3.63, 3.8) is 0 Å². The molecule has 0 aliphatic carbocycles. The molecule has 0 radical (unpaired) electrons. The first-order valence-corrected chi connectivity index (χ1v) is 9.46. The van der Waals surface area contributed by atoms with Crippen LogP contribution in [0.2, 0.25) is 0 Å². The maximum Gasteiger partial charge on any atom is 0.180 e. The minimum absolute atomic E-state index is 0.0144. The van der Waals surface area contributed by atoms with Gasteiger partial charge in [-0.25, -0.2) is 15.0 Å². The third-order valence-corrected chi connectivity index (χ3v) is 5.14. The molecule has 6 nitrogen and oxygen atoms in total. The normalized spacial score (nSPS) is 12.2. The highest BCUT2D eigenvalue weighted by Gasteiger charge is 2.14.